The van der Waals surface area contributed by atoms with Gasteiger partial charge in [-0.05, 0) is 19.8 Å². The van der Waals surface area contributed by atoms with Gasteiger partial charge in [0, 0.05) is 26.2 Å². The molecule has 4 heteroatoms. The van der Waals surface area contributed by atoms with Crippen LogP contribution in [0.15, 0.2) is 6.20 Å². The van der Waals surface area contributed by atoms with Gasteiger partial charge in [0.1, 0.15) is 12.0 Å². The monoisotopic (exact) mass is 208 g/mol. The molecule has 83 valence electrons. The van der Waals surface area contributed by atoms with Crippen LogP contribution in [0, 0.1) is 13.1 Å². The molecule has 1 aromatic rings. The number of hydrogen-bond donors (Lipinski definition) is 1. The van der Waals surface area contributed by atoms with E-state index in [1.165, 1.54) is 0 Å². The Morgan fingerprint density at radius 2 is 2.33 bits per heavy atom. The van der Waals surface area contributed by atoms with E-state index in [-0.39, 0.29) is 5.91 Å². The Morgan fingerprint density at radius 1 is 1.53 bits per heavy atom. The largest absolute Gasteiger partial charge is 0.359 e. The van der Waals surface area contributed by atoms with Gasteiger partial charge in [-0.15, -0.1) is 0 Å². The van der Waals surface area contributed by atoms with Crippen LogP contribution in [0.4, 0.5) is 0 Å². The number of amides is 1. The minimum Gasteiger partial charge on any atom is -0.359 e. The number of nitrogens with zero attached hydrogens (tertiary/aromatic N) is 2. The van der Waals surface area contributed by atoms with Crippen molar-refractivity contribution in [3.8, 4) is 0 Å². The van der Waals surface area contributed by atoms with Crippen molar-refractivity contribution < 1.29 is 4.79 Å². The van der Waals surface area contributed by atoms with Crippen LogP contribution in [0.2, 0.25) is 0 Å². The lowest BCUT2D eigenvalue weighted by Crippen LogP contribution is -2.16. The van der Waals surface area contributed by atoms with Gasteiger partial charge in [0.2, 0.25) is 5.91 Å². The van der Waals surface area contributed by atoms with Gasteiger partial charge >= 0.3 is 0 Å². The molecular formula is C11H18N3O. The van der Waals surface area contributed by atoms with E-state index in [0.717, 1.165) is 31.6 Å². The predicted molar refractivity (Wildman–Crippen MR) is 58.3 cm³/mol. The lowest BCUT2D eigenvalue weighted by molar-refractivity contribution is -0.120. The Hall–Kier alpha value is -1.32. The van der Waals surface area contributed by atoms with Crippen LogP contribution in [-0.4, -0.2) is 22.5 Å². The van der Waals surface area contributed by atoms with Crippen LogP contribution in [0.5, 0.6) is 0 Å². The fourth-order valence-electron chi connectivity index (χ4n) is 1.45. The topological polar surface area (TPSA) is 46.9 Å². The Labute approximate surface area is 90.7 Å². The first-order valence-electron chi connectivity index (χ1n) is 5.34. The van der Waals surface area contributed by atoms with E-state index in [2.05, 4.69) is 21.1 Å². The number of carbonyl (C=O) groups is 1. The molecule has 0 fully saturated rings. The average Bonchev–Trinajstić information content (AvgIpc) is 2.63. The highest BCUT2D eigenvalue weighted by atomic mass is 16.1. The molecule has 4 nitrogen and oxygen atoms in total. The van der Waals surface area contributed by atoms with E-state index >= 15 is 0 Å². The zero-order valence-electron chi connectivity index (χ0n) is 9.42. The van der Waals surface area contributed by atoms with Crippen LogP contribution in [0.3, 0.4) is 0 Å². The predicted octanol–water partition coefficient (Wildman–Crippen LogP) is 1.30. The number of nitrogens with one attached hydrogen (secondary N) is 1. The quantitative estimate of drug-likeness (QED) is 0.716. The fraction of sp³-hybridized carbons (Fsp3) is 0.636. The molecule has 0 unspecified atom stereocenters. The van der Waals surface area contributed by atoms with Crippen LogP contribution in [0.1, 0.15) is 31.5 Å². The molecule has 1 heterocycles. The third kappa shape index (κ3) is 4.14. The van der Waals surface area contributed by atoms with Gasteiger partial charge in [0.25, 0.3) is 0 Å². The highest BCUT2D eigenvalue weighted by Gasteiger charge is 1.99. The molecule has 1 aromatic heterocycles. The summed E-state index contributed by atoms with van der Waals surface area (Å²) in [6.45, 7) is 2.94. The molecule has 0 aliphatic carbocycles. The smallest absolute Gasteiger partial charge is 0.219 e. The van der Waals surface area contributed by atoms with Gasteiger partial charge in [-0.2, -0.15) is 0 Å². The standard InChI is InChI=1S/C11H18N3O/c1-10-13-7-9-14(10)8-5-3-4-6-11(15)12-2/h9H,3-6,8H2,1-2H3,(H,12,15). The van der Waals surface area contributed by atoms with Crippen molar-refractivity contribution in [2.45, 2.75) is 39.2 Å². The fourth-order valence-corrected chi connectivity index (χ4v) is 1.45. The maximum Gasteiger partial charge on any atom is 0.219 e. The van der Waals surface area contributed by atoms with Crippen molar-refractivity contribution in [2.75, 3.05) is 7.05 Å². The molecule has 0 saturated heterocycles. The molecule has 0 saturated carbocycles. The normalized spacial score (nSPS) is 10.3. The van der Waals surface area contributed by atoms with E-state index in [4.69, 9.17) is 0 Å². The average molecular weight is 208 g/mol. The Bertz CT molecular complexity index is 307. The highest BCUT2D eigenvalue weighted by Crippen LogP contribution is 2.03. The summed E-state index contributed by atoms with van der Waals surface area (Å²) in [6.07, 6.45) is 8.43. The Morgan fingerprint density at radius 3 is 2.93 bits per heavy atom. The number of aryl methyl sites for hydroxylation is 2. The summed E-state index contributed by atoms with van der Waals surface area (Å²) in [5, 5.41) is 2.62. The SMILES string of the molecule is CNC(=O)CCCCCn1c[c]nc1C. The molecule has 0 atom stereocenters. The summed E-state index contributed by atoms with van der Waals surface area (Å²) in [5.74, 6) is 1.13. The molecule has 15 heavy (non-hydrogen) atoms. The summed E-state index contributed by atoms with van der Waals surface area (Å²) in [7, 11) is 1.67. The molecule has 1 rings (SSSR count). The number of imidazole rings is 1. The van der Waals surface area contributed by atoms with Crippen molar-refractivity contribution in [1.82, 2.24) is 14.9 Å². The van der Waals surface area contributed by atoms with E-state index in [9.17, 15) is 4.79 Å². The first kappa shape index (κ1) is 11.8. The third-order valence-electron chi connectivity index (χ3n) is 2.44. The lowest BCUT2D eigenvalue weighted by Gasteiger charge is -2.04. The first-order chi connectivity index (χ1) is 7.24. The van der Waals surface area contributed by atoms with Gasteiger partial charge in [0.05, 0.1) is 0 Å². The minimum absolute atomic E-state index is 0.127. The molecule has 1 radical (unpaired) electrons. The summed E-state index contributed by atoms with van der Waals surface area (Å²) >= 11 is 0. The third-order valence-corrected chi connectivity index (χ3v) is 2.44. The number of hydrogen-bond acceptors (Lipinski definition) is 2. The van der Waals surface area contributed by atoms with Crippen LogP contribution < -0.4 is 5.32 Å². The second kappa shape index (κ2) is 6.22. The first-order valence-corrected chi connectivity index (χ1v) is 5.34. The lowest BCUT2D eigenvalue weighted by atomic mass is 10.2. The van der Waals surface area contributed by atoms with Gasteiger partial charge in [-0.25, -0.2) is 4.98 Å². The van der Waals surface area contributed by atoms with Crippen molar-refractivity contribution in [1.29, 1.82) is 0 Å². The van der Waals surface area contributed by atoms with Gasteiger partial charge in [-0.3, -0.25) is 4.79 Å². The van der Waals surface area contributed by atoms with Gasteiger partial charge in [0.15, 0.2) is 0 Å². The van der Waals surface area contributed by atoms with Crippen LogP contribution in [0.25, 0.3) is 0 Å². The summed E-state index contributed by atoms with van der Waals surface area (Å²) < 4.78 is 2.08. The van der Waals surface area contributed by atoms with E-state index in [0.29, 0.717) is 6.42 Å². The molecular weight excluding hydrogens is 190 g/mol. The minimum atomic E-state index is 0.127. The molecule has 0 aliphatic heterocycles. The second-order valence-electron chi connectivity index (χ2n) is 3.59. The Balaban J connectivity index is 2.07. The van der Waals surface area contributed by atoms with E-state index < -0.39 is 0 Å². The van der Waals surface area contributed by atoms with E-state index in [1.54, 1.807) is 7.05 Å². The van der Waals surface area contributed by atoms with Crippen molar-refractivity contribution in [3.63, 3.8) is 0 Å². The zero-order chi connectivity index (χ0) is 11.1. The molecule has 0 bridgehead atoms. The number of aromatic nitrogens is 2. The second-order valence-corrected chi connectivity index (χ2v) is 3.59. The zero-order valence-corrected chi connectivity index (χ0v) is 9.42. The summed E-state index contributed by atoms with van der Waals surface area (Å²) in [4.78, 5) is 15.0. The summed E-state index contributed by atoms with van der Waals surface area (Å²) in [5.41, 5.74) is 0. The van der Waals surface area contributed by atoms with Crippen LogP contribution in [-0.2, 0) is 11.3 Å². The van der Waals surface area contributed by atoms with Crippen molar-refractivity contribution in [3.05, 3.63) is 18.2 Å². The van der Waals surface area contributed by atoms with Gasteiger partial charge in [-0.1, -0.05) is 6.42 Å². The number of carbonyl (C=O) groups excluding carboxylic acids is 1. The summed E-state index contributed by atoms with van der Waals surface area (Å²) in [6, 6.07) is 0. The van der Waals surface area contributed by atoms with Gasteiger partial charge < -0.3 is 9.88 Å². The Kier molecular flexibility index (Phi) is 4.87. The molecule has 0 aromatic carbocycles. The number of rotatable bonds is 6. The molecule has 0 spiro atoms. The highest BCUT2D eigenvalue weighted by molar-refractivity contribution is 5.75. The number of unbranched alkanes of at least 4 members (excludes halogenated alkanes) is 2. The van der Waals surface area contributed by atoms with E-state index in [1.807, 2.05) is 13.1 Å². The van der Waals surface area contributed by atoms with Crippen LogP contribution >= 0.6 is 0 Å². The van der Waals surface area contributed by atoms with Crippen molar-refractivity contribution >= 4 is 5.91 Å². The maximum absolute atomic E-state index is 10.9. The van der Waals surface area contributed by atoms with Crippen molar-refractivity contribution in [2.24, 2.45) is 0 Å². The molecule has 1 amide bonds. The molecule has 0 aliphatic rings. The molecule has 1 N–H and O–H groups in total. The maximum atomic E-state index is 10.9.